The van der Waals surface area contributed by atoms with Crippen LogP contribution in [0.15, 0.2) is 6.33 Å². The molecule has 2 aromatic rings. The number of fused-ring (bicyclic) bond motifs is 1. The number of rotatable bonds is 3. The lowest BCUT2D eigenvalue weighted by atomic mass is 10.2. The van der Waals surface area contributed by atoms with Crippen molar-refractivity contribution < 1.29 is 14.6 Å². The number of imidazole rings is 1. The zero-order chi connectivity index (χ0) is 14.3. The molecule has 2 atom stereocenters. The van der Waals surface area contributed by atoms with E-state index in [1.807, 2.05) is 0 Å². The van der Waals surface area contributed by atoms with Crippen LogP contribution in [0.2, 0.25) is 0 Å². The van der Waals surface area contributed by atoms with Gasteiger partial charge in [0, 0.05) is 13.5 Å². The molecule has 5 N–H and O–H groups in total. The molecule has 1 aliphatic heterocycles. The van der Waals surface area contributed by atoms with Gasteiger partial charge in [0.1, 0.15) is 11.7 Å². The maximum atomic E-state index is 9.39. The molecule has 0 amide bonds. The Morgan fingerprint density at radius 3 is 3.00 bits per heavy atom. The Labute approximate surface area is 114 Å². The van der Waals surface area contributed by atoms with Gasteiger partial charge in [0.2, 0.25) is 5.95 Å². The van der Waals surface area contributed by atoms with E-state index in [1.165, 1.54) is 7.11 Å². The number of hydrogen-bond acceptors (Lipinski definition) is 8. The summed E-state index contributed by atoms with van der Waals surface area (Å²) in [4.78, 5) is 12.2. The van der Waals surface area contributed by atoms with Crippen LogP contribution in [-0.4, -0.2) is 44.1 Å². The first-order valence-corrected chi connectivity index (χ1v) is 6.18. The van der Waals surface area contributed by atoms with Crippen LogP contribution >= 0.6 is 0 Å². The maximum Gasteiger partial charge on any atom is 0.224 e. The van der Waals surface area contributed by atoms with Gasteiger partial charge in [-0.15, -0.1) is 0 Å². The number of aliphatic hydroxyl groups excluding tert-OH is 1. The lowest BCUT2D eigenvalue weighted by Crippen LogP contribution is -2.35. The summed E-state index contributed by atoms with van der Waals surface area (Å²) in [5.41, 5.74) is 12.3. The van der Waals surface area contributed by atoms with E-state index in [2.05, 4.69) is 15.0 Å². The Bertz CT molecular complexity index is 638. The zero-order valence-corrected chi connectivity index (χ0v) is 11.0. The van der Waals surface area contributed by atoms with Gasteiger partial charge in [0.05, 0.1) is 12.9 Å². The van der Waals surface area contributed by atoms with Gasteiger partial charge in [0.15, 0.2) is 17.3 Å². The number of aromatic nitrogens is 4. The van der Waals surface area contributed by atoms with Crippen molar-refractivity contribution in [2.45, 2.75) is 24.9 Å². The van der Waals surface area contributed by atoms with Crippen molar-refractivity contribution in [1.82, 2.24) is 19.5 Å². The molecule has 0 aliphatic carbocycles. The first-order chi connectivity index (χ1) is 9.58. The van der Waals surface area contributed by atoms with Crippen LogP contribution in [0.25, 0.3) is 11.2 Å². The minimum atomic E-state index is -0.981. The van der Waals surface area contributed by atoms with Crippen LogP contribution in [0.5, 0.6) is 0 Å². The highest BCUT2D eigenvalue weighted by Gasteiger charge is 2.41. The lowest BCUT2D eigenvalue weighted by Gasteiger charge is -2.25. The number of anilines is 2. The number of nitrogens with zero attached hydrogens (tertiary/aromatic N) is 4. The third-order valence-electron chi connectivity index (χ3n) is 3.51. The van der Waals surface area contributed by atoms with E-state index in [0.29, 0.717) is 24.0 Å². The van der Waals surface area contributed by atoms with E-state index in [-0.39, 0.29) is 24.6 Å². The van der Waals surface area contributed by atoms with Gasteiger partial charge in [-0.3, -0.25) is 4.57 Å². The van der Waals surface area contributed by atoms with Gasteiger partial charge >= 0.3 is 0 Å². The van der Waals surface area contributed by atoms with Crippen LogP contribution in [0.1, 0.15) is 19.1 Å². The number of aliphatic hydroxyl groups is 1. The fraction of sp³-hybridized carbons (Fsp3) is 0.545. The molecule has 1 fully saturated rings. The summed E-state index contributed by atoms with van der Waals surface area (Å²) in [5.74, 6) is -0.676. The summed E-state index contributed by atoms with van der Waals surface area (Å²) in [6, 6.07) is 0. The normalized spacial score (nSPS) is 26.4. The van der Waals surface area contributed by atoms with E-state index < -0.39 is 5.79 Å². The SMILES string of the molecule is CO[C@]1(CO)CC[C@H](n2cnc3c(N)nc(N)nc32)O1. The molecule has 0 unspecified atom stereocenters. The predicted octanol–water partition coefficient (Wildman–Crippen LogP) is -0.365. The highest BCUT2D eigenvalue weighted by atomic mass is 16.7. The molecule has 3 heterocycles. The molecule has 2 aromatic heterocycles. The number of hydrogen-bond donors (Lipinski definition) is 3. The first kappa shape index (κ1) is 13.0. The van der Waals surface area contributed by atoms with Gasteiger partial charge in [-0.05, 0) is 6.42 Å². The Hall–Kier alpha value is -1.97. The summed E-state index contributed by atoms with van der Waals surface area (Å²) in [7, 11) is 1.50. The van der Waals surface area contributed by atoms with Crippen molar-refractivity contribution in [1.29, 1.82) is 0 Å². The van der Waals surface area contributed by atoms with Crippen LogP contribution < -0.4 is 11.5 Å². The minimum absolute atomic E-state index is 0.0786. The molecule has 3 rings (SSSR count). The highest BCUT2D eigenvalue weighted by molar-refractivity contribution is 5.82. The van der Waals surface area contributed by atoms with E-state index in [9.17, 15) is 5.11 Å². The van der Waals surface area contributed by atoms with E-state index in [1.54, 1.807) is 10.9 Å². The fourth-order valence-corrected chi connectivity index (χ4v) is 2.40. The molecule has 9 nitrogen and oxygen atoms in total. The van der Waals surface area contributed by atoms with Gasteiger partial charge < -0.3 is 26.0 Å². The second-order valence-corrected chi connectivity index (χ2v) is 4.68. The van der Waals surface area contributed by atoms with Gasteiger partial charge in [-0.1, -0.05) is 0 Å². The number of nitrogen functional groups attached to an aromatic ring is 2. The monoisotopic (exact) mass is 280 g/mol. The molecule has 0 saturated carbocycles. The Kier molecular flexibility index (Phi) is 2.96. The van der Waals surface area contributed by atoms with Crippen molar-refractivity contribution in [3.63, 3.8) is 0 Å². The fourth-order valence-electron chi connectivity index (χ4n) is 2.40. The quantitative estimate of drug-likeness (QED) is 0.693. The summed E-state index contributed by atoms with van der Waals surface area (Å²) in [6.07, 6.45) is 2.45. The highest BCUT2D eigenvalue weighted by Crippen LogP contribution is 2.38. The van der Waals surface area contributed by atoms with Crippen LogP contribution in [0.3, 0.4) is 0 Å². The standard InChI is InChI=1S/C11H16N6O3/c1-19-11(4-18)3-2-6(20-11)17-5-14-7-8(12)15-10(13)16-9(7)17/h5-6,18H,2-4H2,1H3,(H4,12,13,15,16)/t6-,11-/m1/s1. The van der Waals surface area contributed by atoms with Crippen LogP contribution in [0.4, 0.5) is 11.8 Å². The molecule has 20 heavy (non-hydrogen) atoms. The van der Waals surface area contributed by atoms with E-state index in [4.69, 9.17) is 20.9 Å². The summed E-state index contributed by atoms with van der Waals surface area (Å²) in [6.45, 7) is -0.216. The summed E-state index contributed by atoms with van der Waals surface area (Å²) in [5, 5.41) is 9.39. The van der Waals surface area contributed by atoms with Gasteiger partial charge in [-0.25, -0.2) is 4.98 Å². The first-order valence-electron chi connectivity index (χ1n) is 6.18. The molecular formula is C11H16N6O3. The zero-order valence-electron chi connectivity index (χ0n) is 11.0. The molecule has 1 aliphatic rings. The van der Waals surface area contributed by atoms with E-state index in [0.717, 1.165) is 0 Å². The molecule has 9 heteroatoms. The maximum absolute atomic E-state index is 9.39. The Balaban J connectivity index is 2.00. The van der Waals surface area contributed by atoms with Gasteiger partial charge in [0.25, 0.3) is 0 Å². The lowest BCUT2D eigenvalue weighted by molar-refractivity contribution is -0.241. The molecule has 0 radical (unpaired) electrons. The average Bonchev–Trinajstić information content (AvgIpc) is 3.02. The number of nitrogens with two attached hydrogens (primary N) is 2. The Morgan fingerprint density at radius 2 is 2.35 bits per heavy atom. The van der Waals surface area contributed by atoms with Crippen LogP contribution in [-0.2, 0) is 9.47 Å². The van der Waals surface area contributed by atoms with Gasteiger partial charge in [-0.2, -0.15) is 9.97 Å². The molecule has 1 saturated heterocycles. The van der Waals surface area contributed by atoms with E-state index >= 15 is 0 Å². The Morgan fingerprint density at radius 1 is 1.55 bits per heavy atom. The second kappa shape index (κ2) is 4.54. The summed E-state index contributed by atoms with van der Waals surface area (Å²) < 4.78 is 12.8. The largest absolute Gasteiger partial charge is 0.391 e. The van der Waals surface area contributed by atoms with Crippen LogP contribution in [0, 0.1) is 0 Å². The number of methoxy groups -OCH3 is 1. The summed E-state index contributed by atoms with van der Waals surface area (Å²) >= 11 is 0. The predicted molar refractivity (Wildman–Crippen MR) is 70.3 cm³/mol. The average molecular weight is 280 g/mol. The third kappa shape index (κ3) is 1.87. The topological polar surface area (TPSA) is 134 Å². The van der Waals surface area contributed by atoms with Crippen molar-refractivity contribution in [2.24, 2.45) is 0 Å². The van der Waals surface area contributed by atoms with Crippen molar-refractivity contribution in [3.05, 3.63) is 6.33 Å². The van der Waals surface area contributed by atoms with Crippen molar-refractivity contribution in [2.75, 3.05) is 25.2 Å². The molecule has 0 aromatic carbocycles. The smallest absolute Gasteiger partial charge is 0.224 e. The second-order valence-electron chi connectivity index (χ2n) is 4.68. The number of ether oxygens (including phenoxy) is 2. The van der Waals surface area contributed by atoms with Crippen molar-refractivity contribution in [3.8, 4) is 0 Å². The molecule has 0 bridgehead atoms. The molecule has 108 valence electrons. The molecular weight excluding hydrogens is 264 g/mol. The minimum Gasteiger partial charge on any atom is -0.391 e. The molecule has 0 spiro atoms. The van der Waals surface area contributed by atoms with Crippen molar-refractivity contribution >= 4 is 22.9 Å². The third-order valence-corrected chi connectivity index (χ3v) is 3.51.